The van der Waals surface area contributed by atoms with Crippen LogP contribution >= 0.6 is 0 Å². The Morgan fingerprint density at radius 1 is 0.938 bits per heavy atom. The molecule has 16 heavy (non-hydrogen) atoms. The van der Waals surface area contributed by atoms with Gasteiger partial charge in [-0.1, -0.05) is 6.07 Å². The Labute approximate surface area is 92.0 Å². The molecule has 0 spiro atoms. The molecule has 2 aromatic rings. The van der Waals surface area contributed by atoms with Crippen LogP contribution in [0.25, 0.3) is 11.1 Å². The maximum atomic E-state index is 13.0. The molecule has 2 rings (SSSR count). The number of hydrogen-bond donors (Lipinski definition) is 1. The first-order valence-electron chi connectivity index (χ1n) is 4.82. The molecule has 0 aliphatic carbocycles. The zero-order valence-corrected chi connectivity index (χ0v) is 8.67. The van der Waals surface area contributed by atoms with Crippen molar-refractivity contribution < 1.29 is 13.9 Å². The fourth-order valence-corrected chi connectivity index (χ4v) is 1.68. The van der Waals surface area contributed by atoms with Crippen molar-refractivity contribution in [1.82, 2.24) is 0 Å². The van der Waals surface area contributed by atoms with Crippen molar-refractivity contribution in [3.05, 3.63) is 53.6 Å². The highest BCUT2D eigenvalue weighted by Gasteiger charge is 2.06. The monoisotopic (exact) mass is 220 g/mol. The second-order valence-electron chi connectivity index (χ2n) is 3.66. The van der Waals surface area contributed by atoms with Crippen molar-refractivity contribution in [2.75, 3.05) is 0 Å². The second kappa shape index (κ2) is 3.93. The number of benzene rings is 2. The molecule has 0 radical (unpaired) electrons. The van der Waals surface area contributed by atoms with Gasteiger partial charge in [-0.25, -0.2) is 8.78 Å². The molecule has 0 aliphatic rings. The number of rotatable bonds is 1. The molecule has 1 N–H and O–H groups in total. The number of aromatic hydroxyl groups is 1. The molecular weight excluding hydrogens is 210 g/mol. The molecule has 0 unspecified atom stereocenters. The molecule has 0 saturated carbocycles. The van der Waals surface area contributed by atoms with Gasteiger partial charge in [0.15, 0.2) is 0 Å². The quantitative estimate of drug-likeness (QED) is 0.777. The molecule has 1 nitrogen and oxygen atoms in total. The van der Waals surface area contributed by atoms with E-state index in [9.17, 15) is 13.9 Å². The summed E-state index contributed by atoms with van der Waals surface area (Å²) >= 11 is 0. The van der Waals surface area contributed by atoms with E-state index in [1.807, 2.05) is 0 Å². The number of phenols is 1. The average Bonchev–Trinajstić information content (AvgIpc) is 2.15. The van der Waals surface area contributed by atoms with Gasteiger partial charge in [-0.3, -0.25) is 0 Å². The van der Waals surface area contributed by atoms with Crippen molar-refractivity contribution in [1.29, 1.82) is 0 Å². The lowest BCUT2D eigenvalue weighted by Crippen LogP contribution is -1.87. The Kier molecular flexibility index (Phi) is 2.60. The molecule has 0 atom stereocenters. The van der Waals surface area contributed by atoms with Crippen molar-refractivity contribution >= 4 is 0 Å². The Bertz CT molecular complexity index is 515. The first kappa shape index (κ1) is 10.6. The highest BCUT2D eigenvalue weighted by atomic mass is 19.1. The molecule has 0 fully saturated rings. The molecule has 0 amide bonds. The Morgan fingerprint density at radius 3 is 2.12 bits per heavy atom. The van der Waals surface area contributed by atoms with Crippen LogP contribution in [0.4, 0.5) is 8.78 Å². The number of hydrogen-bond acceptors (Lipinski definition) is 1. The molecule has 0 aromatic heterocycles. The van der Waals surface area contributed by atoms with E-state index in [1.165, 1.54) is 18.2 Å². The summed E-state index contributed by atoms with van der Waals surface area (Å²) in [6.07, 6.45) is 0. The Hall–Kier alpha value is -1.90. The molecule has 0 aliphatic heterocycles. The minimum atomic E-state index is -0.609. The summed E-state index contributed by atoms with van der Waals surface area (Å²) < 4.78 is 26.1. The number of aryl methyl sites for hydroxylation is 1. The second-order valence-corrected chi connectivity index (χ2v) is 3.66. The van der Waals surface area contributed by atoms with Gasteiger partial charge in [0.05, 0.1) is 0 Å². The number of phenolic OH excluding ortho intramolecular Hbond substituents is 1. The van der Waals surface area contributed by atoms with Crippen LogP contribution in [0.3, 0.4) is 0 Å². The van der Waals surface area contributed by atoms with Gasteiger partial charge in [-0.15, -0.1) is 0 Å². The van der Waals surface area contributed by atoms with Crippen LogP contribution in [-0.2, 0) is 0 Å². The van der Waals surface area contributed by atoms with Gasteiger partial charge < -0.3 is 5.11 Å². The highest BCUT2D eigenvalue weighted by molar-refractivity contribution is 5.68. The summed E-state index contributed by atoms with van der Waals surface area (Å²) in [5.74, 6) is -1.08. The molecule has 0 heterocycles. The third-order valence-corrected chi connectivity index (χ3v) is 2.38. The van der Waals surface area contributed by atoms with Crippen LogP contribution in [0.5, 0.6) is 5.75 Å². The molecule has 3 heteroatoms. The topological polar surface area (TPSA) is 20.2 Å². The fourth-order valence-electron chi connectivity index (χ4n) is 1.68. The maximum absolute atomic E-state index is 13.0. The van der Waals surface area contributed by atoms with Crippen LogP contribution in [0.1, 0.15) is 5.56 Å². The third kappa shape index (κ3) is 2.03. The van der Waals surface area contributed by atoms with Crippen molar-refractivity contribution in [3.8, 4) is 16.9 Å². The standard InChI is InChI=1S/C13H10F2O/c1-8-4-12(16)2-3-13(8)9-5-10(14)7-11(15)6-9/h2-7,16H,1H3. The highest BCUT2D eigenvalue weighted by Crippen LogP contribution is 2.27. The SMILES string of the molecule is Cc1cc(O)ccc1-c1cc(F)cc(F)c1. The van der Waals surface area contributed by atoms with Gasteiger partial charge in [0, 0.05) is 6.07 Å². The first-order chi connectivity index (χ1) is 7.56. The lowest BCUT2D eigenvalue weighted by Gasteiger charge is -2.07. The van der Waals surface area contributed by atoms with E-state index in [4.69, 9.17) is 0 Å². The van der Waals surface area contributed by atoms with Gasteiger partial charge in [0.25, 0.3) is 0 Å². The molecule has 0 saturated heterocycles. The van der Waals surface area contributed by atoms with E-state index in [2.05, 4.69) is 0 Å². The zero-order chi connectivity index (χ0) is 11.7. The summed E-state index contributed by atoms with van der Waals surface area (Å²) in [5, 5.41) is 9.25. The molecule has 82 valence electrons. The van der Waals surface area contributed by atoms with E-state index in [0.29, 0.717) is 11.1 Å². The van der Waals surface area contributed by atoms with Crippen molar-refractivity contribution in [3.63, 3.8) is 0 Å². The Morgan fingerprint density at radius 2 is 1.56 bits per heavy atom. The van der Waals surface area contributed by atoms with E-state index in [1.54, 1.807) is 19.1 Å². The summed E-state index contributed by atoms with van der Waals surface area (Å²) in [6, 6.07) is 8.05. The predicted molar refractivity (Wildman–Crippen MR) is 58.2 cm³/mol. The van der Waals surface area contributed by atoms with Crippen LogP contribution in [0, 0.1) is 18.6 Å². The average molecular weight is 220 g/mol. The van der Waals surface area contributed by atoms with E-state index >= 15 is 0 Å². The van der Waals surface area contributed by atoms with Crippen LogP contribution in [0.2, 0.25) is 0 Å². The van der Waals surface area contributed by atoms with Crippen molar-refractivity contribution in [2.45, 2.75) is 6.92 Å². The third-order valence-electron chi connectivity index (χ3n) is 2.38. The van der Waals surface area contributed by atoms with Gasteiger partial charge in [-0.05, 0) is 47.9 Å². The van der Waals surface area contributed by atoms with E-state index < -0.39 is 11.6 Å². The van der Waals surface area contributed by atoms with Crippen molar-refractivity contribution in [2.24, 2.45) is 0 Å². The van der Waals surface area contributed by atoms with Gasteiger partial charge in [0.2, 0.25) is 0 Å². The minimum Gasteiger partial charge on any atom is -0.508 e. The largest absolute Gasteiger partial charge is 0.508 e. The van der Waals surface area contributed by atoms with Gasteiger partial charge in [0.1, 0.15) is 17.4 Å². The van der Waals surface area contributed by atoms with E-state index in [0.717, 1.165) is 11.6 Å². The predicted octanol–water partition coefficient (Wildman–Crippen LogP) is 3.65. The Balaban J connectivity index is 2.58. The normalized spacial score (nSPS) is 10.4. The van der Waals surface area contributed by atoms with Crippen LogP contribution in [-0.4, -0.2) is 5.11 Å². The van der Waals surface area contributed by atoms with Gasteiger partial charge in [-0.2, -0.15) is 0 Å². The molecular formula is C13H10F2O. The smallest absolute Gasteiger partial charge is 0.126 e. The maximum Gasteiger partial charge on any atom is 0.126 e. The van der Waals surface area contributed by atoms with E-state index in [-0.39, 0.29) is 5.75 Å². The summed E-state index contributed by atoms with van der Waals surface area (Å²) in [5.41, 5.74) is 1.94. The first-order valence-corrected chi connectivity index (χ1v) is 4.82. The number of halogens is 2. The summed E-state index contributed by atoms with van der Waals surface area (Å²) in [7, 11) is 0. The summed E-state index contributed by atoms with van der Waals surface area (Å²) in [4.78, 5) is 0. The van der Waals surface area contributed by atoms with Crippen LogP contribution in [0.15, 0.2) is 36.4 Å². The molecule has 2 aromatic carbocycles. The lowest BCUT2D eigenvalue weighted by atomic mass is 10.0. The zero-order valence-electron chi connectivity index (χ0n) is 8.67. The fraction of sp³-hybridized carbons (Fsp3) is 0.0769. The lowest BCUT2D eigenvalue weighted by molar-refractivity contribution is 0.475. The van der Waals surface area contributed by atoms with Crippen LogP contribution < -0.4 is 0 Å². The van der Waals surface area contributed by atoms with Gasteiger partial charge >= 0.3 is 0 Å². The summed E-state index contributed by atoms with van der Waals surface area (Å²) in [6.45, 7) is 1.78. The minimum absolute atomic E-state index is 0.137. The molecule has 0 bridgehead atoms.